The van der Waals surface area contributed by atoms with Crippen LogP contribution < -0.4 is 5.32 Å². The summed E-state index contributed by atoms with van der Waals surface area (Å²) in [7, 11) is 1.98. The molecule has 1 aromatic rings. The largest absolute Gasteiger partial charge is 0.373 e. The smallest absolute Gasteiger partial charge is 0.0881 e. The molecule has 0 bridgehead atoms. The number of pyridine rings is 1. The minimum absolute atomic E-state index is 0.197. The lowest BCUT2D eigenvalue weighted by Gasteiger charge is -2.18. The Kier molecular flexibility index (Phi) is 3.72. The molecule has 2 heterocycles. The second kappa shape index (κ2) is 5.05. The first-order chi connectivity index (χ1) is 7.31. The van der Waals surface area contributed by atoms with Gasteiger partial charge in [-0.15, -0.1) is 0 Å². The van der Waals surface area contributed by atoms with Crippen molar-refractivity contribution < 1.29 is 4.74 Å². The number of halogens is 1. The lowest BCUT2D eigenvalue weighted by atomic mass is 9.96. The van der Waals surface area contributed by atoms with Gasteiger partial charge in [0.05, 0.1) is 6.10 Å². The van der Waals surface area contributed by atoms with Crippen molar-refractivity contribution in [2.75, 3.05) is 20.2 Å². The van der Waals surface area contributed by atoms with E-state index >= 15 is 0 Å². The fourth-order valence-corrected chi connectivity index (χ4v) is 2.44. The number of hydrogen-bond donors (Lipinski definition) is 1. The highest BCUT2D eigenvalue weighted by atomic mass is 79.9. The van der Waals surface area contributed by atoms with Gasteiger partial charge in [0.25, 0.3) is 0 Å². The van der Waals surface area contributed by atoms with Gasteiger partial charge in [-0.2, -0.15) is 0 Å². The maximum Gasteiger partial charge on any atom is 0.0881 e. The molecule has 1 N–H and O–H groups in total. The van der Waals surface area contributed by atoms with Gasteiger partial charge in [-0.1, -0.05) is 0 Å². The molecule has 0 radical (unpaired) electrons. The molecule has 0 aromatic carbocycles. The molecule has 1 saturated heterocycles. The molecule has 0 aliphatic carbocycles. The first-order valence-corrected chi connectivity index (χ1v) is 5.97. The predicted molar refractivity (Wildman–Crippen MR) is 62.7 cm³/mol. The first kappa shape index (κ1) is 11.0. The summed E-state index contributed by atoms with van der Waals surface area (Å²) in [6.07, 6.45) is 5.01. The molecule has 3 nitrogen and oxygen atoms in total. The molecule has 2 unspecified atom stereocenters. The molecule has 1 aliphatic heterocycles. The van der Waals surface area contributed by atoms with Gasteiger partial charge in [0, 0.05) is 41.5 Å². The van der Waals surface area contributed by atoms with Gasteiger partial charge in [-0.25, -0.2) is 0 Å². The number of aromatic nitrogens is 1. The van der Waals surface area contributed by atoms with Crippen LogP contribution in [0.3, 0.4) is 0 Å². The molecule has 15 heavy (non-hydrogen) atoms. The van der Waals surface area contributed by atoms with E-state index in [0.29, 0.717) is 5.92 Å². The molecule has 2 rings (SSSR count). The minimum Gasteiger partial charge on any atom is -0.373 e. The quantitative estimate of drug-likeness (QED) is 0.914. The number of ether oxygens (including phenoxy) is 1. The number of nitrogens with one attached hydrogen (secondary N) is 1. The number of nitrogens with zero attached hydrogens (tertiary/aromatic N) is 1. The monoisotopic (exact) mass is 270 g/mol. The molecular weight excluding hydrogens is 256 g/mol. The molecule has 0 saturated carbocycles. The van der Waals surface area contributed by atoms with E-state index in [1.807, 2.05) is 13.2 Å². The van der Waals surface area contributed by atoms with Gasteiger partial charge in [-0.05, 0) is 35.5 Å². The van der Waals surface area contributed by atoms with Gasteiger partial charge in [0.1, 0.15) is 0 Å². The Hall–Kier alpha value is -0.450. The topological polar surface area (TPSA) is 34.1 Å². The molecule has 2 atom stereocenters. The Bertz CT molecular complexity index is 332. The van der Waals surface area contributed by atoms with Crippen LogP contribution >= 0.6 is 15.9 Å². The molecule has 1 aromatic heterocycles. The second-order valence-electron chi connectivity index (χ2n) is 3.83. The molecular formula is C11H15BrN2O. The first-order valence-electron chi connectivity index (χ1n) is 5.18. The highest BCUT2D eigenvalue weighted by molar-refractivity contribution is 9.10. The fraction of sp³-hybridized carbons (Fsp3) is 0.545. The van der Waals surface area contributed by atoms with Crippen LogP contribution in [0.5, 0.6) is 0 Å². The summed E-state index contributed by atoms with van der Waals surface area (Å²) in [5, 5.41) is 3.21. The van der Waals surface area contributed by atoms with Gasteiger partial charge >= 0.3 is 0 Å². The SMILES string of the molecule is CNCC1CCOC1c1cncc(Br)c1. The van der Waals surface area contributed by atoms with Gasteiger partial charge in [0.15, 0.2) is 0 Å². The lowest BCUT2D eigenvalue weighted by Crippen LogP contribution is -2.21. The van der Waals surface area contributed by atoms with Crippen LogP contribution in [0.25, 0.3) is 0 Å². The zero-order valence-corrected chi connectivity index (χ0v) is 10.3. The maximum absolute atomic E-state index is 5.76. The average molecular weight is 271 g/mol. The second-order valence-corrected chi connectivity index (χ2v) is 4.75. The van der Waals surface area contributed by atoms with Crippen LogP contribution in [0, 0.1) is 5.92 Å². The van der Waals surface area contributed by atoms with Crippen molar-refractivity contribution in [3.05, 3.63) is 28.5 Å². The van der Waals surface area contributed by atoms with Crippen molar-refractivity contribution in [2.45, 2.75) is 12.5 Å². The van der Waals surface area contributed by atoms with Crippen LogP contribution in [0.1, 0.15) is 18.1 Å². The van der Waals surface area contributed by atoms with Gasteiger partial charge < -0.3 is 10.1 Å². The standard InChI is InChI=1S/C11H15BrN2O/c1-13-5-8-2-3-15-11(8)9-4-10(12)7-14-6-9/h4,6-8,11,13H,2-3,5H2,1H3. The third kappa shape index (κ3) is 2.56. The van der Waals surface area contributed by atoms with Gasteiger partial charge in [-0.3, -0.25) is 4.98 Å². The van der Waals surface area contributed by atoms with Crippen LogP contribution in [-0.2, 0) is 4.74 Å². The summed E-state index contributed by atoms with van der Waals surface area (Å²) < 4.78 is 6.77. The summed E-state index contributed by atoms with van der Waals surface area (Å²) in [4.78, 5) is 4.18. The van der Waals surface area contributed by atoms with E-state index in [-0.39, 0.29) is 6.10 Å². The minimum atomic E-state index is 0.197. The van der Waals surface area contributed by atoms with Crippen LogP contribution in [-0.4, -0.2) is 25.2 Å². The van der Waals surface area contributed by atoms with Crippen LogP contribution in [0.2, 0.25) is 0 Å². The fourth-order valence-electron chi connectivity index (χ4n) is 2.06. The highest BCUT2D eigenvalue weighted by Gasteiger charge is 2.29. The van der Waals surface area contributed by atoms with Crippen molar-refractivity contribution in [1.82, 2.24) is 10.3 Å². The summed E-state index contributed by atoms with van der Waals surface area (Å²) >= 11 is 3.43. The van der Waals surface area contributed by atoms with Crippen molar-refractivity contribution in [2.24, 2.45) is 5.92 Å². The molecule has 4 heteroatoms. The van der Waals surface area contributed by atoms with E-state index in [9.17, 15) is 0 Å². The van der Waals surface area contributed by atoms with E-state index in [1.54, 1.807) is 6.20 Å². The molecule has 1 aliphatic rings. The summed E-state index contributed by atoms with van der Waals surface area (Å²) in [6.45, 7) is 1.85. The number of rotatable bonds is 3. The van der Waals surface area contributed by atoms with Crippen molar-refractivity contribution in [3.8, 4) is 0 Å². The maximum atomic E-state index is 5.76. The predicted octanol–water partition coefficient (Wildman–Crippen LogP) is 2.14. The zero-order chi connectivity index (χ0) is 10.7. The summed E-state index contributed by atoms with van der Waals surface area (Å²) in [5.41, 5.74) is 1.17. The van der Waals surface area contributed by atoms with E-state index in [4.69, 9.17) is 4.74 Å². The molecule has 82 valence electrons. The molecule has 0 amide bonds. The highest BCUT2D eigenvalue weighted by Crippen LogP contribution is 2.34. The third-order valence-corrected chi connectivity index (χ3v) is 3.17. The normalized spacial score (nSPS) is 25.7. The summed E-state index contributed by atoms with van der Waals surface area (Å²) in [5.74, 6) is 0.561. The Labute approximate surface area is 98.4 Å². The Morgan fingerprint density at radius 2 is 2.47 bits per heavy atom. The third-order valence-electron chi connectivity index (χ3n) is 2.74. The Balaban J connectivity index is 2.15. The van der Waals surface area contributed by atoms with Crippen LogP contribution in [0.15, 0.2) is 22.9 Å². The average Bonchev–Trinajstić information content (AvgIpc) is 2.66. The molecule has 0 spiro atoms. The van der Waals surface area contributed by atoms with Crippen molar-refractivity contribution in [3.63, 3.8) is 0 Å². The van der Waals surface area contributed by atoms with Gasteiger partial charge in [0.2, 0.25) is 0 Å². The molecule has 1 fully saturated rings. The Morgan fingerprint density at radius 3 is 3.20 bits per heavy atom. The Morgan fingerprint density at radius 1 is 1.60 bits per heavy atom. The summed E-state index contributed by atoms with van der Waals surface area (Å²) in [6, 6.07) is 2.09. The van der Waals surface area contributed by atoms with E-state index in [0.717, 1.165) is 24.0 Å². The van der Waals surface area contributed by atoms with E-state index in [1.165, 1.54) is 5.56 Å². The van der Waals surface area contributed by atoms with Crippen molar-refractivity contribution >= 4 is 15.9 Å². The van der Waals surface area contributed by atoms with E-state index < -0.39 is 0 Å². The van der Waals surface area contributed by atoms with E-state index in [2.05, 4.69) is 32.3 Å². The van der Waals surface area contributed by atoms with Crippen LogP contribution in [0.4, 0.5) is 0 Å². The number of hydrogen-bond acceptors (Lipinski definition) is 3. The lowest BCUT2D eigenvalue weighted by molar-refractivity contribution is 0.0906. The zero-order valence-electron chi connectivity index (χ0n) is 8.74. The van der Waals surface area contributed by atoms with Crippen molar-refractivity contribution in [1.29, 1.82) is 0 Å².